The van der Waals surface area contributed by atoms with Gasteiger partial charge in [0.2, 0.25) is 0 Å². The first kappa shape index (κ1) is 19.1. The van der Waals surface area contributed by atoms with Gasteiger partial charge in [-0.15, -0.1) is 11.3 Å². The number of amides is 1. The molecule has 2 aromatic carbocycles. The fourth-order valence-corrected chi connectivity index (χ4v) is 4.24. The molecule has 0 saturated carbocycles. The second-order valence-corrected chi connectivity index (χ2v) is 7.74. The van der Waals surface area contributed by atoms with Crippen molar-refractivity contribution in [2.45, 2.75) is 18.8 Å². The number of likely N-dealkylation sites (tertiary alicyclic amines) is 1. The van der Waals surface area contributed by atoms with Crippen molar-refractivity contribution < 1.29 is 14.5 Å². The zero-order chi connectivity index (χ0) is 20.2. The second-order valence-electron chi connectivity index (χ2n) is 6.81. The highest BCUT2D eigenvalue weighted by atomic mass is 32.1. The summed E-state index contributed by atoms with van der Waals surface area (Å²) in [6.07, 6.45) is 3.60. The van der Waals surface area contributed by atoms with Gasteiger partial charge in [0.1, 0.15) is 11.5 Å². The van der Waals surface area contributed by atoms with E-state index in [4.69, 9.17) is 4.74 Å². The molecule has 0 spiro atoms. The van der Waals surface area contributed by atoms with Crippen LogP contribution in [0.3, 0.4) is 0 Å². The van der Waals surface area contributed by atoms with Gasteiger partial charge < -0.3 is 9.64 Å². The van der Waals surface area contributed by atoms with E-state index in [1.54, 1.807) is 34.6 Å². The molecule has 1 saturated heterocycles. The first-order valence-corrected chi connectivity index (χ1v) is 10.2. The highest BCUT2D eigenvalue weighted by Crippen LogP contribution is 2.33. The minimum atomic E-state index is -0.502. The van der Waals surface area contributed by atoms with E-state index < -0.39 is 4.92 Å². The lowest BCUT2D eigenvalue weighted by Gasteiger charge is -2.32. The van der Waals surface area contributed by atoms with E-state index in [9.17, 15) is 14.9 Å². The van der Waals surface area contributed by atoms with Crippen molar-refractivity contribution in [3.63, 3.8) is 0 Å². The number of ether oxygens (including phenoxy) is 1. The third-order valence-corrected chi connectivity index (χ3v) is 5.82. The number of aromatic nitrogens is 1. The molecule has 0 N–H and O–H groups in total. The SMILES string of the molecule is O=C(c1cc([N+](=O)[O-])ccc1Oc1ccccc1)N1CCC[C@@H](c2nccs2)C1. The molecular weight excluding hydrogens is 390 g/mol. The van der Waals surface area contributed by atoms with Crippen LogP contribution in [-0.4, -0.2) is 33.8 Å². The molecule has 0 unspecified atom stereocenters. The van der Waals surface area contributed by atoms with Crippen LogP contribution in [0.1, 0.15) is 34.1 Å². The van der Waals surface area contributed by atoms with Crippen molar-refractivity contribution in [2.75, 3.05) is 13.1 Å². The van der Waals surface area contributed by atoms with Gasteiger partial charge in [-0.25, -0.2) is 4.98 Å². The fraction of sp³-hybridized carbons (Fsp3) is 0.238. The summed E-state index contributed by atoms with van der Waals surface area (Å²) >= 11 is 1.59. The Morgan fingerprint density at radius 3 is 2.79 bits per heavy atom. The molecule has 0 aliphatic carbocycles. The van der Waals surface area contributed by atoms with Crippen molar-refractivity contribution in [3.8, 4) is 11.5 Å². The Kier molecular flexibility index (Phi) is 5.53. The average molecular weight is 409 g/mol. The van der Waals surface area contributed by atoms with Crippen LogP contribution in [0, 0.1) is 10.1 Å². The van der Waals surface area contributed by atoms with Crippen LogP contribution < -0.4 is 4.74 Å². The zero-order valence-electron chi connectivity index (χ0n) is 15.6. The van der Waals surface area contributed by atoms with Crippen molar-refractivity contribution in [3.05, 3.63) is 80.8 Å². The zero-order valence-corrected chi connectivity index (χ0v) is 16.4. The number of hydrogen-bond donors (Lipinski definition) is 0. The third kappa shape index (κ3) is 4.27. The number of nitrogens with zero attached hydrogens (tertiary/aromatic N) is 3. The number of hydrogen-bond acceptors (Lipinski definition) is 6. The highest BCUT2D eigenvalue weighted by Gasteiger charge is 2.29. The number of nitro benzene ring substituents is 1. The van der Waals surface area contributed by atoms with Crippen LogP contribution in [0.25, 0.3) is 0 Å². The maximum Gasteiger partial charge on any atom is 0.270 e. The van der Waals surface area contributed by atoms with Gasteiger partial charge in [-0.2, -0.15) is 0 Å². The first-order chi connectivity index (χ1) is 14.1. The summed E-state index contributed by atoms with van der Waals surface area (Å²) in [5, 5.41) is 14.2. The number of carbonyl (C=O) groups excluding carboxylic acids is 1. The molecule has 1 aliphatic heterocycles. The second kappa shape index (κ2) is 8.40. The Morgan fingerprint density at radius 1 is 1.24 bits per heavy atom. The van der Waals surface area contributed by atoms with Gasteiger partial charge in [-0.05, 0) is 31.0 Å². The van der Waals surface area contributed by atoms with Crippen LogP contribution in [-0.2, 0) is 0 Å². The van der Waals surface area contributed by atoms with E-state index >= 15 is 0 Å². The minimum absolute atomic E-state index is 0.137. The van der Waals surface area contributed by atoms with Gasteiger partial charge in [0.15, 0.2) is 0 Å². The smallest absolute Gasteiger partial charge is 0.270 e. The number of thiazole rings is 1. The molecule has 7 nitrogen and oxygen atoms in total. The predicted molar refractivity (Wildman–Crippen MR) is 110 cm³/mol. The highest BCUT2D eigenvalue weighted by molar-refractivity contribution is 7.09. The lowest BCUT2D eigenvalue weighted by atomic mass is 9.98. The molecule has 148 valence electrons. The third-order valence-electron chi connectivity index (χ3n) is 4.88. The Bertz CT molecular complexity index is 1010. The first-order valence-electron chi connectivity index (χ1n) is 9.32. The summed E-state index contributed by atoms with van der Waals surface area (Å²) in [7, 11) is 0. The van der Waals surface area contributed by atoms with Gasteiger partial charge in [-0.1, -0.05) is 18.2 Å². The van der Waals surface area contributed by atoms with Crippen molar-refractivity contribution in [2.24, 2.45) is 0 Å². The van der Waals surface area contributed by atoms with Crippen LogP contribution >= 0.6 is 11.3 Å². The van der Waals surface area contributed by atoms with Crippen LogP contribution in [0.2, 0.25) is 0 Å². The molecule has 0 bridgehead atoms. The van der Waals surface area contributed by atoms with Gasteiger partial charge >= 0.3 is 0 Å². The molecule has 4 rings (SSSR count). The number of nitro groups is 1. The molecular formula is C21H19N3O4S. The van der Waals surface area contributed by atoms with Gasteiger partial charge in [-0.3, -0.25) is 14.9 Å². The lowest BCUT2D eigenvalue weighted by molar-refractivity contribution is -0.384. The van der Waals surface area contributed by atoms with E-state index in [-0.39, 0.29) is 23.1 Å². The summed E-state index contributed by atoms with van der Waals surface area (Å²) in [6.45, 7) is 1.15. The molecule has 1 aromatic heterocycles. The molecule has 1 atom stereocenters. The largest absolute Gasteiger partial charge is 0.457 e. The van der Waals surface area contributed by atoms with E-state index in [0.29, 0.717) is 24.6 Å². The van der Waals surface area contributed by atoms with Crippen LogP contribution in [0.5, 0.6) is 11.5 Å². The number of para-hydroxylation sites is 1. The summed E-state index contributed by atoms with van der Waals surface area (Å²) in [5.41, 5.74) is 0.0603. The standard InChI is InChI=1S/C21H19N3O4S/c25-21(23-11-4-5-15(14-23)20-22-10-12-29-20)18-13-16(24(26)27)8-9-19(18)28-17-6-2-1-3-7-17/h1-3,6-10,12-13,15H,4-5,11,14H2/t15-/m1/s1. The molecule has 3 aromatic rings. The van der Waals surface area contributed by atoms with Crippen molar-refractivity contribution in [1.29, 1.82) is 0 Å². The molecule has 1 fully saturated rings. The summed E-state index contributed by atoms with van der Waals surface area (Å²) < 4.78 is 5.87. The number of carbonyl (C=O) groups is 1. The Balaban J connectivity index is 1.63. The quantitative estimate of drug-likeness (QED) is 0.444. The summed E-state index contributed by atoms with van der Waals surface area (Å²) in [6, 6.07) is 13.2. The maximum atomic E-state index is 13.3. The van der Waals surface area contributed by atoms with Gasteiger partial charge in [0.05, 0.1) is 15.5 Å². The molecule has 2 heterocycles. The molecule has 1 amide bonds. The minimum Gasteiger partial charge on any atom is -0.457 e. The van der Waals surface area contributed by atoms with E-state index in [1.165, 1.54) is 18.2 Å². The summed E-state index contributed by atoms with van der Waals surface area (Å²) in [5.74, 6) is 0.795. The van der Waals surface area contributed by atoms with Gasteiger partial charge in [0, 0.05) is 42.7 Å². The molecule has 29 heavy (non-hydrogen) atoms. The molecule has 8 heteroatoms. The van der Waals surface area contributed by atoms with E-state index in [2.05, 4.69) is 4.98 Å². The normalized spacial score (nSPS) is 16.4. The average Bonchev–Trinajstić information content (AvgIpc) is 3.29. The van der Waals surface area contributed by atoms with Crippen molar-refractivity contribution >= 4 is 22.9 Å². The number of rotatable bonds is 5. The maximum absolute atomic E-state index is 13.3. The Morgan fingerprint density at radius 2 is 2.07 bits per heavy atom. The topological polar surface area (TPSA) is 85.6 Å². The Labute approximate surface area is 171 Å². The van der Waals surface area contributed by atoms with E-state index in [0.717, 1.165) is 17.8 Å². The number of benzene rings is 2. The monoisotopic (exact) mass is 409 g/mol. The predicted octanol–water partition coefficient (Wildman–Crippen LogP) is 4.86. The lowest BCUT2D eigenvalue weighted by Crippen LogP contribution is -2.39. The van der Waals surface area contributed by atoms with E-state index in [1.807, 2.05) is 23.6 Å². The molecule has 0 radical (unpaired) electrons. The Hall–Kier alpha value is -3.26. The van der Waals surface area contributed by atoms with Crippen LogP contribution in [0.15, 0.2) is 60.1 Å². The number of non-ortho nitro benzene ring substituents is 1. The van der Waals surface area contributed by atoms with Crippen LogP contribution in [0.4, 0.5) is 5.69 Å². The number of piperidine rings is 1. The molecule has 1 aliphatic rings. The van der Waals surface area contributed by atoms with Crippen molar-refractivity contribution in [1.82, 2.24) is 9.88 Å². The summed E-state index contributed by atoms with van der Waals surface area (Å²) in [4.78, 5) is 30.2. The van der Waals surface area contributed by atoms with Gasteiger partial charge in [0.25, 0.3) is 11.6 Å². The fourth-order valence-electron chi connectivity index (χ4n) is 3.47.